The van der Waals surface area contributed by atoms with E-state index in [2.05, 4.69) is 31.3 Å². The molecule has 2 fully saturated rings. The molecule has 0 aromatic heterocycles. The van der Waals surface area contributed by atoms with Gasteiger partial charge < -0.3 is 16.0 Å². The Kier molecular flexibility index (Phi) is 7.11. The molecule has 0 radical (unpaired) electrons. The monoisotopic (exact) mass is 385 g/mol. The van der Waals surface area contributed by atoms with E-state index in [9.17, 15) is 9.59 Å². The fourth-order valence-corrected chi connectivity index (χ4v) is 4.50. The van der Waals surface area contributed by atoms with Crippen LogP contribution in [-0.4, -0.2) is 36.3 Å². The number of nitrogens with two attached hydrogens (primary N) is 1. The van der Waals surface area contributed by atoms with Crippen molar-refractivity contribution in [1.82, 2.24) is 10.2 Å². The molecule has 5 nitrogen and oxygen atoms in total. The lowest BCUT2D eigenvalue weighted by Crippen LogP contribution is -2.45. The Balaban J connectivity index is 1.56. The molecule has 2 amide bonds. The minimum absolute atomic E-state index is 0.00787. The topological polar surface area (TPSA) is 75.4 Å². The highest BCUT2D eigenvalue weighted by molar-refractivity contribution is 5.88. The van der Waals surface area contributed by atoms with Crippen molar-refractivity contribution >= 4 is 11.8 Å². The predicted octanol–water partition coefficient (Wildman–Crippen LogP) is 3.35. The van der Waals surface area contributed by atoms with Crippen LogP contribution in [0.3, 0.4) is 0 Å². The van der Waals surface area contributed by atoms with Gasteiger partial charge in [0.2, 0.25) is 11.8 Å². The number of benzene rings is 1. The van der Waals surface area contributed by atoms with Gasteiger partial charge in [0.05, 0.1) is 0 Å². The Morgan fingerprint density at radius 1 is 1.00 bits per heavy atom. The third kappa shape index (κ3) is 4.93. The van der Waals surface area contributed by atoms with E-state index in [0.717, 1.165) is 57.2 Å². The van der Waals surface area contributed by atoms with E-state index in [1.165, 1.54) is 5.56 Å². The molecule has 3 rings (SSSR count). The Hall–Kier alpha value is -1.88. The number of nitrogens with one attached hydrogen (secondary N) is 1. The number of amides is 2. The van der Waals surface area contributed by atoms with E-state index >= 15 is 0 Å². The highest BCUT2D eigenvalue weighted by Gasteiger charge is 2.38. The van der Waals surface area contributed by atoms with Crippen LogP contribution in [0.15, 0.2) is 24.3 Å². The van der Waals surface area contributed by atoms with Crippen molar-refractivity contribution < 1.29 is 9.59 Å². The zero-order valence-corrected chi connectivity index (χ0v) is 17.3. The third-order valence-corrected chi connectivity index (χ3v) is 6.37. The van der Waals surface area contributed by atoms with E-state index in [1.807, 2.05) is 17.0 Å². The van der Waals surface area contributed by atoms with Crippen molar-refractivity contribution in [3.63, 3.8) is 0 Å². The zero-order chi connectivity index (χ0) is 20.1. The molecular formula is C23H35N3O2. The van der Waals surface area contributed by atoms with Gasteiger partial charge in [0, 0.05) is 37.5 Å². The normalized spacial score (nSPS) is 23.6. The van der Waals surface area contributed by atoms with Crippen LogP contribution in [0, 0.1) is 11.8 Å². The molecule has 1 saturated carbocycles. The maximum Gasteiger partial charge on any atom is 0.226 e. The summed E-state index contributed by atoms with van der Waals surface area (Å²) in [6, 6.07) is 8.07. The van der Waals surface area contributed by atoms with Crippen LogP contribution >= 0.6 is 0 Å². The second kappa shape index (κ2) is 9.55. The van der Waals surface area contributed by atoms with Crippen LogP contribution in [0.25, 0.3) is 0 Å². The quantitative estimate of drug-likeness (QED) is 0.788. The van der Waals surface area contributed by atoms with Crippen molar-refractivity contribution in [2.75, 3.05) is 19.6 Å². The smallest absolute Gasteiger partial charge is 0.226 e. The summed E-state index contributed by atoms with van der Waals surface area (Å²) in [5.41, 5.74) is 8.61. The minimum Gasteiger partial charge on any atom is -0.354 e. The first-order valence-electron chi connectivity index (χ1n) is 10.9. The number of carbonyl (C=O) groups excluding carboxylic acids is 2. The van der Waals surface area contributed by atoms with Crippen LogP contribution in [0.4, 0.5) is 0 Å². The first kappa shape index (κ1) is 20.8. The van der Waals surface area contributed by atoms with E-state index < -0.39 is 0 Å². The number of nitrogens with zero attached hydrogens (tertiary/aromatic N) is 1. The van der Waals surface area contributed by atoms with Gasteiger partial charge >= 0.3 is 0 Å². The lowest BCUT2D eigenvalue weighted by atomic mass is 9.77. The molecule has 1 aromatic rings. The standard InChI is InChI=1S/C23H35N3O2/c1-16(2)17-9-11-18(12-10-17)21(24)15-25-22(27)19-7-3-4-8-20(19)23(28)26-13-5-6-14-26/h9-12,16,19-21H,3-8,13-15,24H2,1-2H3,(H,25,27). The van der Waals surface area contributed by atoms with E-state index in [0.29, 0.717) is 12.5 Å². The van der Waals surface area contributed by atoms with Gasteiger partial charge in [0.15, 0.2) is 0 Å². The van der Waals surface area contributed by atoms with Crippen LogP contribution in [-0.2, 0) is 9.59 Å². The Morgan fingerprint density at radius 2 is 1.57 bits per heavy atom. The molecule has 3 atom stereocenters. The Morgan fingerprint density at radius 3 is 2.18 bits per heavy atom. The summed E-state index contributed by atoms with van der Waals surface area (Å²) < 4.78 is 0. The van der Waals surface area contributed by atoms with Crippen molar-refractivity contribution in [2.24, 2.45) is 17.6 Å². The molecule has 154 valence electrons. The summed E-state index contributed by atoms with van der Waals surface area (Å²) in [5.74, 6) is 0.296. The van der Waals surface area contributed by atoms with Gasteiger partial charge in [-0.15, -0.1) is 0 Å². The summed E-state index contributed by atoms with van der Waals surface area (Å²) in [6.45, 7) is 6.43. The van der Waals surface area contributed by atoms with Crippen molar-refractivity contribution in [3.8, 4) is 0 Å². The average molecular weight is 386 g/mol. The highest BCUT2D eigenvalue weighted by Crippen LogP contribution is 2.32. The fraction of sp³-hybridized carbons (Fsp3) is 0.652. The van der Waals surface area contributed by atoms with Gasteiger partial charge in [0.25, 0.3) is 0 Å². The largest absolute Gasteiger partial charge is 0.354 e. The van der Waals surface area contributed by atoms with Crippen molar-refractivity contribution in [3.05, 3.63) is 35.4 Å². The summed E-state index contributed by atoms with van der Waals surface area (Å²) in [4.78, 5) is 27.7. The molecular weight excluding hydrogens is 350 g/mol. The van der Waals surface area contributed by atoms with E-state index in [-0.39, 0.29) is 29.7 Å². The molecule has 2 aliphatic rings. The molecule has 1 aromatic carbocycles. The van der Waals surface area contributed by atoms with Gasteiger partial charge in [0.1, 0.15) is 0 Å². The Bertz CT molecular complexity index is 665. The first-order valence-corrected chi connectivity index (χ1v) is 10.9. The molecule has 0 bridgehead atoms. The molecule has 1 aliphatic heterocycles. The van der Waals surface area contributed by atoms with Gasteiger partial charge in [-0.25, -0.2) is 0 Å². The van der Waals surface area contributed by atoms with Gasteiger partial charge in [-0.1, -0.05) is 51.0 Å². The maximum absolute atomic E-state index is 12.9. The van der Waals surface area contributed by atoms with Crippen LogP contribution in [0.5, 0.6) is 0 Å². The van der Waals surface area contributed by atoms with Crippen molar-refractivity contribution in [1.29, 1.82) is 0 Å². The number of hydrogen-bond donors (Lipinski definition) is 2. The van der Waals surface area contributed by atoms with Gasteiger partial charge in [-0.3, -0.25) is 9.59 Å². The summed E-state index contributed by atoms with van der Waals surface area (Å²) in [7, 11) is 0. The third-order valence-electron chi connectivity index (χ3n) is 6.37. The molecule has 3 unspecified atom stereocenters. The number of carbonyl (C=O) groups is 2. The van der Waals surface area contributed by atoms with Gasteiger partial charge in [-0.2, -0.15) is 0 Å². The van der Waals surface area contributed by atoms with Crippen LogP contribution in [0.2, 0.25) is 0 Å². The van der Waals surface area contributed by atoms with Crippen molar-refractivity contribution in [2.45, 2.75) is 64.3 Å². The Labute approximate surface area is 169 Å². The lowest BCUT2D eigenvalue weighted by Gasteiger charge is -2.32. The second-order valence-corrected chi connectivity index (χ2v) is 8.70. The molecule has 5 heteroatoms. The fourth-order valence-electron chi connectivity index (χ4n) is 4.50. The summed E-state index contributed by atoms with van der Waals surface area (Å²) >= 11 is 0. The van der Waals surface area contributed by atoms with E-state index in [4.69, 9.17) is 5.73 Å². The molecule has 1 heterocycles. The number of hydrogen-bond acceptors (Lipinski definition) is 3. The SMILES string of the molecule is CC(C)c1ccc(C(N)CNC(=O)C2CCCCC2C(=O)N2CCCC2)cc1. The molecule has 1 saturated heterocycles. The minimum atomic E-state index is -0.235. The number of likely N-dealkylation sites (tertiary alicyclic amines) is 1. The molecule has 3 N–H and O–H groups in total. The number of rotatable bonds is 6. The first-order chi connectivity index (χ1) is 13.5. The zero-order valence-electron chi connectivity index (χ0n) is 17.3. The van der Waals surface area contributed by atoms with Crippen LogP contribution in [0.1, 0.15) is 75.5 Å². The second-order valence-electron chi connectivity index (χ2n) is 8.70. The summed E-state index contributed by atoms with van der Waals surface area (Å²) in [6.07, 6.45) is 5.85. The van der Waals surface area contributed by atoms with Gasteiger partial charge in [-0.05, 0) is 42.7 Å². The molecule has 28 heavy (non-hydrogen) atoms. The summed E-state index contributed by atoms with van der Waals surface area (Å²) in [5, 5.41) is 3.03. The predicted molar refractivity (Wildman–Crippen MR) is 112 cm³/mol. The highest BCUT2D eigenvalue weighted by atomic mass is 16.2. The lowest BCUT2D eigenvalue weighted by molar-refractivity contribution is -0.142. The molecule has 0 spiro atoms. The maximum atomic E-state index is 12.9. The van der Waals surface area contributed by atoms with E-state index in [1.54, 1.807) is 0 Å². The molecule has 1 aliphatic carbocycles. The average Bonchev–Trinajstić information content (AvgIpc) is 3.26. The van der Waals surface area contributed by atoms with Crippen LogP contribution < -0.4 is 11.1 Å².